The van der Waals surface area contributed by atoms with Crippen LogP contribution >= 0.6 is 11.6 Å². The summed E-state index contributed by atoms with van der Waals surface area (Å²) in [5.41, 5.74) is 1.50. The number of anilines is 1. The molecule has 1 aliphatic rings. The summed E-state index contributed by atoms with van der Waals surface area (Å²) < 4.78 is 16.2. The second-order valence-electron chi connectivity index (χ2n) is 7.13. The van der Waals surface area contributed by atoms with Gasteiger partial charge in [-0.1, -0.05) is 23.7 Å². The SMILES string of the molecule is COc1ccc(OC)c(NC2=C(c3ccc(Cl)cc3)C(=O)N(CCOC(C)C)C2=O)c1. The number of rotatable bonds is 9. The van der Waals surface area contributed by atoms with Crippen LogP contribution in [-0.4, -0.2) is 50.2 Å². The lowest BCUT2D eigenvalue weighted by Gasteiger charge is -2.17. The van der Waals surface area contributed by atoms with E-state index in [1.165, 1.54) is 12.0 Å². The van der Waals surface area contributed by atoms with Crippen LogP contribution in [0.25, 0.3) is 5.57 Å². The lowest BCUT2D eigenvalue weighted by Crippen LogP contribution is -2.35. The van der Waals surface area contributed by atoms with E-state index < -0.39 is 11.8 Å². The van der Waals surface area contributed by atoms with Crippen LogP contribution in [0.5, 0.6) is 11.5 Å². The number of halogens is 1. The first-order valence-corrected chi connectivity index (χ1v) is 10.2. The molecule has 1 heterocycles. The van der Waals surface area contributed by atoms with Crippen molar-refractivity contribution in [2.75, 3.05) is 32.7 Å². The molecule has 0 spiro atoms. The summed E-state index contributed by atoms with van der Waals surface area (Å²) in [6, 6.07) is 11.9. The Bertz CT molecular complexity index is 1000. The smallest absolute Gasteiger partial charge is 0.278 e. The minimum Gasteiger partial charge on any atom is -0.497 e. The third-order valence-corrected chi connectivity index (χ3v) is 4.99. The Labute approximate surface area is 186 Å². The van der Waals surface area contributed by atoms with E-state index in [2.05, 4.69) is 5.32 Å². The molecule has 2 amide bonds. The Morgan fingerprint density at radius 2 is 1.71 bits per heavy atom. The van der Waals surface area contributed by atoms with E-state index in [0.29, 0.717) is 27.8 Å². The summed E-state index contributed by atoms with van der Waals surface area (Å²) >= 11 is 6.01. The van der Waals surface area contributed by atoms with Gasteiger partial charge in [0.25, 0.3) is 11.8 Å². The first kappa shape index (κ1) is 22.7. The predicted octanol–water partition coefficient (Wildman–Crippen LogP) is 3.97. The highest BCUT2D eigenvalue weighted by Gasteiger charge is 2.39. The number of carbonyl (C=O) groups excluding carboxylic acids is 2. The highest BCUT2D eigenvalue weighted by molar-refractivity contribution is 6.37. The van der Waals surface area contributed by atoms with Gasteiger partial charge in [0, 0.05) is 11.1 Å². The molecule has 0 saturated heterocycles. The summed E-state index contributed by atoms with van der Waals surface area (Å²) in [7, 11) is 3.07. The molecular formula is C23H25ClN2O5. The number of nitrogens with zero attached hydrogens (tertiary/aromatic N) is 1. The zero-order valence-corrected chi connectivity index (χ0v) is 18.7. The Kier molecular flexibility index (Phi) is 7.20. The second-order valence-corrected chi connectivity index (χ2v) is 7.57. The first-order chi connectivity index (χ1) is 14.8. The van der Waals surface area contributed by atoms with E-state index in [1.807, 2.05) is 13.8 Å². The third-order valence-electron chi connectivity index (χ3n) is 4.73. The molecule has 0 aromatic heterocycles. The van der Waals surface area contributed by atoms with Crippen molar-refractivity contribution in [3.8, 4) is 11.5 Å². The van der Waals surface area contributed by atoms with Crippen LogP contribution in [0.4, 0.5) is 5.69 Å². The maximum Gasteiger partial charge on any atom is 0.278 e. The van der Waals surface area contributed by atoms with Crippen LogP contribution in [0, 0.1) is 0 Å². The van der Waals surface area contributed by atoms with Gasteiger partial charge in [-0.25, -0.2) is 0 Å². The van der Waals surface area contributed by atoms with Gasteiger partial charge < -0.3 is 19.5 Å². The van der Waals surface area contributed by atoms with Gasteiger partial charge in [-0.3, -0.25) is 14.5 Å². The second kappa shape index (κ2) is 9.85. The Morgan fingerprint density at radius 1 is 1.00 bits per heavy atom. The standard InChI is InChI=1S/C23H25ClN2O5/c1-14(2)31-12-11-26-22(27)20(15-5-7-16(24)8-6-15)21(23(26)28)25-18-13-17(29-3)9-10-19(18)30-4/h5-10,13-14,25H,11-12H2,1-4H3. The van der Waals surface area contributed by atoms with Gasteiger partial charge in [0.15, 0.2) is 0 Å². The van der Waals surface area contributed by atoms with Crippen molar-refractivity contribution in [1.82, 2.24) is 4.90 Å². The number of ether oxygens (including phenoxy) is 3. The summed E-state index contributed by atoms with van der Waals surface area (Å²) in [6.45, 7) is 4.19. The molecule has 1 aliphatic heterocycles. The molecule has 0 bridgehead atoms. The van der Waals surface area contributed by atoms with Crippen molar-refractivity contribution < 1.29 is 23.8 Å². The van der Waals surface area contributed by atoms with E-state index in [-0.39, 0.29) is 30.5 Å². The Hall–Kier alpha value is -3.03. The highest BCUT2D eigenvalue weighted by Crippen LogP contribution is 2.35. The molecule has 0 unspecified atom stereocenters. The lowest BCUT2D eigenvalue weighted by atomic mass is 10.0. The fraction of sp³-hybridized carbons (Fsp3) is 0.304. The molecule has 0 aliphatic carbocycles. The number of nitrogens with one attached hydrogen (secondary N) is 1. The van der Waals surface area contributed by atoms with Crippen LogP contribution in [0.2, 0.25) is 5.02 Å². The molecule has 1 N–H and O–H groups in total. The monoisotopic (exact) mass is 444 g/mol. The average Bonchev–Trinajstić information content (AvgIpc) is 2.98. The molecule has 7 nitrogen and oxygen atoms in total. The summed E-state index contributed by atoms with van der Waals surface area (Å²) in [6.07, 6.45) is -0.00450. The predicted molar refractivity (Wildman–Crippen MR) is 119 cm³/mol. The molecule has 0 saturated carbocycles. The van der Waals surface area contributed by atoms with Crippen molar-refractivity contribution in [3.63, 3.8) is 0 Å². The largest absolute Gasteiger partial charge is 0.497 e. The minimum absolute atomic E-state index is 0.00450. The topological polar surface area (TPSA) is 77.1 Å². The van der Waals surface area contributed by atoms with Gasteiger partial charge in [0.05, 0.1) is 44.7 Å². The van der Waals surface area contributed by atoms with Crippen molar-refractivity contribution in [2.24, 2.45) is 0 Å². The van der Waals surface area contributed by atoms with E-state index in [0.717, 1.165) is 0 Å². The van der Waals surface area contributed by atoms with E-state index in [4.69, 9.17) is 25.8 Å². The van der Waals surface area contributed by atoms with E-state index in [1.54, 1.807) is 49.6 Å². The molecule has 2 aromatic carbocycles. The number of amides is 2. The molecule has 2 aromatic rings. The molecule has 31 heavy (non-hydrogen) atoms. The van der Waals surface area contributed by atoms with Crippen LogP contribution < -0.4 is 14.8 Å². The number of hydrogen-bond donors (Lipinski definition) is 1. The molecule has 0 radical (unpaired) electrons. The molecule has 8 heteroatoms. The average molecular weight is 445 g/mol. The maximum absolute atomic E-state index is 13.2. The number of hydrogen-bond acceptors (Lipinski definition) is 6. The number of methoxy groups -OCH3 is 2. The molecular weight excluding hydrogens is 420 g/mol. The van der Waals surface area contributed by atoms with Crippen LogP contribution in [0.3, 0.4) is 0 Å². The van der Waals surface area contributed by atoms with Gasteiger partial charge in [0.2, 0.25) is 0 Å². The zero-order chi connectivity index (χ0) is 22.5. The first-order valence-electron chi connectivity index (χ1n) is 9.82. The minimum atomic E-state index is -0.438. The van der Waals surface area contributed by atoms with E-state index >= 15 is 0 Å². The fourth-order valence-corrected chi connectivity index (χ4v) is 3.33. The zero-order valence-electron chi connectivity index (χ0n) is 17.9. The van der Waals surface area contributed by atoms with Crippen LogP contribution in [0.1, 0.15) is 19.4 Å². The maximum atomic E-state index is 13.2. The van der Waals surface area contributed by atoms with Gasteiger partial charge >= 0.3 is 0 Å². The van der Waals surface area contributed by atoms with Gasteiger partial charge in [-0.05, 0) is 43.7 Å². The number of carbonyl (C=O) groups is 2. The van der Waals surface area contributed by atoms with Crippen LogP contribution in [0.15, 0.2) is 48.2 Å². The highest BCUT2D eigenvalue weighted by atomic mass is 35.5. The third kappa shape index (κ3) is 5.00. The molecule has 0 atom stereocenters. The molecule has 3 rings (SSSR count). The summed E-state index contributed by atoms with van der Waals surface area (Å²) in [5, 5.41) is 3.63. The van der Waals surface area contributed by atoms with Crippen molar-refractivity contribution >= 4 is 34.7 Å². The molecule has 164 valence electrons. The van der Waals surface area contributed by atoms with Gasteiger partial charge in [-0.15, -0.1) is 0 Å². The molecule has 0 fully saturated rings. The lowest BCUT2D eigenvalue weighted by molar-refractivity contribution is -0.137. The Balaban J connectivity index is 2.02. The van der Waals surface area contributed by atoms with Crippen molar-refractivity contribution in [1.29, 1.82) is 0 Å². The quantitative estimate of drug-likeness (QED) is 0.589. The number of benzene rings is 2. The summed E-state index contributed by atoms with van der Waals surface area (Å²) in [5.74, 6) is 0.248. The Morgan fingerprint density at radius 3 is 2.32 bits per heavy atom. The van der Waals surface area contributed by atoms with Gasteiger partial charge in [0.1, 0.15) is 17.2 Å². The van der Waals surface area contributed by atoms with Crippen molar-refractivity contribution in [2.45, 2.75) is 20.0 Å². The summed E-state index contributed by atoms with van der Waals surface area (Å²) in [4.78, 5) is 27.6. The van der Waals surface area contributed by atoms with Crippen molar-refractivity contribution in [3.05, 3.63) is 58.7 Å². The fourth-order valence-electron chi connectivity index (χ4n) is 3.21. The normalized spacial score (nSPS) is 13.9. The van der Waals surface area contributed by atoms with Crippen LogP contribution in [-0.2, 0) is 14.3 Å². The van der Waals surface area contributed by atoms with E-state index in [9.17, 15) is 9.59 Å². The number of imide groups is 1. The van der Waals surface area contributed by atoms with Gasteiger partial charge in [-0.2, -0.15) is 0 Å².